The monoisotopic (exact) mass is 591 g/mol. The number of hydrogen-bond donors (Lipinski definition) is 1. The molecule has 1 aromatic carbocycles. The van der Waals surface area contributed by atoms with E-state index < -0.39 is 58.9 Å². The molecule has 0 saturated heterocycles. The standard InChI is InChI=1S/C26H27Cl2F4N3O4/c1-24(7-8-24)13-34(12-19(36)20-17(27)9-14(29)10-18(20)28)22(37)16-11-33-35(21(16)26(30,31)32)15-3-5-25(2,6-4-15)23(38)39/h9-11,15H,3-8,12-13H2,1-2H3,(H,38,39). The van der Waals surface area contributed by atoms with Gasteiger partial charge in [0.25, 0.3) is 5.91 Å². The maximum atomic E-state index is 14.4. The number of alkyl halides is 3. The van der Waals surface area contributed by atoms with Gasteiger partial charge < -0.3 is 10.0 Å². The van der Waals surface area contributed by atoms with Crippen molar-refractivity contribution in [3.05, 3.63) is 51.0 Å². The van der Waals surface area contributed by atoms with E-state index in [1.807, 2.05) is 6.92 Å². The van der Waals surface area contributed by atoms with Gasteiger partial charge in [-0.15, -0.1) is 0 Å². The molecule has 2 aromatic rings. The van der Waals surface area contributed by atoms with Crippen LogP contribution in [0.15, 0.2) is 18.3 Å². The molecule has 1 N–H and O–H groups in total. The third-order valence-electron chi connectivity index (χ3n) is 7.80. The maximum absolute atomic E-state index is 14.4. The number of rotatable bonds is 8. The zero-order valence-electron chi connectivity index (χ0n) is 21.2. The van der Waals surface area contributed by atoms with E-state index in [1.54, 1.807) is 6.92 Å². The van der Waals surface area contributed by atoms with Crippen LogP contribution in [-0.4, -0.2) is 50.5 Å². The van der Waals surface area contributed by atoms with Gasteiger partial charge in [0.05, 0.1) is 45.4 Å². The van der Waals surface area contributed by atoms with E-state index in [0.29, 0.717) is 0 Å². The lowest BCUT2D eigenvalue weighted by atomic mass is 9.74. The molecule has 0 radical (unpaired) electrons. The van der Waals surface area contributed by atoms with Crippen molar-refractivity contribution < 1.29 is 37.1 Å². The number of amides is 1. The van der Waals surface area contributed by atoms with Crippen LogP contribution in [-0.2, 0) is 11.0 Å². The van der Waals surface area contributed by atoms with Gasteiger partial charge in [0.2, 0.25) is 0 Å². The number of carbonyl (C=O) groups is 3. The Labute approximate surface area is 232 Å². The van der Waals surface area contributed by atoms with Crippen LogP contribution < -0.4 is 0 Å². The van der Waals surface area contributed by atoms with Gasteiger partial charge in [-0.3, -0.25) is 19.1 Å². The minimum Gasteiger partial charge on any atom is -0.481 e. The molecule has 2 saturated carbocycles. The van der Waals surface area contributed by atoms with Crippen LogP contribution in [0.4, 0.5) is 17.6 Å². The summed E-state index contributed by atoms with van der Waals surface area (Å²) in [6, 6.07) is 1.03. The Kier molecular flexibility index (Phi) is 7.81. The van der Waals surface area contributed by atoms with Crippen molar-refractivity contribution in [2.24, 2.45) is 10.8 Å². The van der Waals surface area contributed by atoms with Crippen molar-refractivity contribution in [1.82, 2.24) is 14.7 Å². The van der Waals surface area contributed by atoms with E-state index in [1.165, 1.54) is 0 Å². The first-order valence-corrected chi connectivity index (χ1v) is 13.2. The molecule has 4 rings (SSSR count). The third-order valence-corrected chi connectivity index (χ3v) is 8.39. The quantitative estimate of drug-likeness (QED) is 0.273. The summed E-state index contributed by atoms with van der Waals surface area (Å²) in [6.45, 7) is 2.80. The van der Waals surface area contributed by atoms with Gasteiger partial charge in [0.15, 0.2) is 11.5 Å². The Hall–Kier alpha value is -2.66. The zero-order chi connectivity index (χ0) is 28.9. The normalized spacial score (nSPS) is 22.4. The van der Waals surface area contributed by atoms with Crippen LogP contribution in [0, 0.1) is 16.6 Å². The highest BCUT2D eigenvalue weighted by Gasteiger charge is 2.46. The molecule has 0 spiro atoms. The second-order valence-corrected chi connectivity index (χ2v) is 11.9. The average Bonchev–Trinajstić information content (AvgIpc) is 3.36. The summed E-state index contributed by atoms with van der Waals surface area (Å²) in [5.74, 6) is -3.56. The fourth-order valence-corrected chi connectivity index (χ4v) is 5.71. The average molecular weight is 592 g/mol. The molecule has 0 atom stereocenters. The number of carboxylic acid groups (broad SMARTS) is 1. The van der Waals surface area contributed by atoms with Crippen LogP contribution in [0.1, 0.15) is 84.8 Å². The maximum Gasteiger partial charge on any atom is 0.433 e. The topological polar surface area (TPSA) is 92.5 Å². The zero-order valence-corrected chi connectivity index (χ0v) is 22.8. The highest BCUT2D eigenvalue weighted by molar-refractivity contribution is 6.40. The lowest BCUT2D eigenvalue weighted by Crippen LogP contribution is -2.40. The molecule has 212 valence electrons. The lowest BCUT2D eigenvalue weighted by molar-refractivity contribution is -0.152. The van der Waals surface area contributed by atoms with E-state index in [4.69, 9.17) is 23.2 Å². The SMILES string of the molecule is CC1(CN(CC(=O)c2c(Cl)cc(F)cc2Cl)C(=O)c2cnn(C3CCC(C)(C(=O)O)CC3)c2C(F)(F)F)CC1. The predicted molar refractivity (Wildman–Crippen MR) is 134 cm³/mol. The van der Waals surface area contributed by atoms with Gasteiger partial charge in [-0.05, 0) is 63.0 Å². The molecular formula is C26H27Cl2F4N3O4. The molecule has 1 heterocycles. The summed E-state index contributed by atoms with van der Waals surface area (Å²) in [7, 11) is 0. The van der Waals surface area contributed by atoms with Crippen LogP contribution in [0.3, 0.4) is 0 Å². The van der Waals surface area contributed by atoms with Crippen molar-refractivity contribution in [1.29, 1.82) is 0 Å². The first kappa shape index (κ1) is 29.3. The first-order chi connectivity index (χ1) is 18.0. The van der Waals surface area contributed by atoms with Crippen molar-refractivity contribution in [3.8, 4) is 0 Å². The number of aromatic nitrogens is 2. The summed E-state index contributed by atoms with van der Waals surface area (Å²) >= 11 is 12.0. The molecule has 2 aliphatic rings. The Morgan fingerprint density at radius 1 is 1.10 bits per heavy atom. The Balaban J connectivity index is 1.66. The number of hydrogen-bond acceptors (Lipinski definition) is 4. The van der Waals surface area contributed by atoms with Crippen molar-refractivity contribution in [3.63, 3.8) is 0 Å². The molecule has 0 bridgehead atoms. The van der Waals surface area contributed by atoms with Gasteiger partial charge >= 0.3 is 12.1 Å². The minimum atomic E-state index is -4.95. The second kappa shape index (κ2) is 10.4. The summed E-state index contributed by atoms with van der Waals surface area (Å²) in [4.78, 5) is 39.3. The number of benzene rings is 1. The van der Waals surface area contributed by atoms with Crippen LogP contribution in [0.25, 0.3) is 0 Å². The number of Topliss-reactive ketones (excluding diaryl/α,β-unsaturated/α-hetero) is 1. The van der Waals surface area contributed by atoms with Crippen LogP contribution in [0.5, 0.6) is 0 Å². The van der Waals surface area contributed by atoms with Gasteiger partial charge in [0.1, 0.15) is 5.82 Å². The van der Waals surface area contributed by atoms with Crippen LogP contribution >= 0.6 is 23.2 Å². The molecular weight excluding hydrogens is 565 g/mol. The van der Waals surface area contributed by atoms with Gasteiger partial charge in [0, 0.05) is 6.54 Å². The van der Waals surface area contributed by atoms with Crippen molar-refractivity contribution in [2.45, 2.75) is 64.6 Å². The van der Waals surface area contributed by atoms with E-state index >= 15 is 0 Å². The smallest absolute Gasteiger partial charge is 0.433 e. The van der Waals surface area contributed by atoms with Gasteiger partial charge in [-0.2, -0.15) is 18.3 Å². The van der Waals surface area contributed by atoms with Crippen LogP contribution in [0.2, 0.25) is 10.0 Å². The number of carboxylic acids is 1. The molecule has 7 nitrogen and oxygen atoms in total. The minimum absolute atomic E-state index is 0.0108. The summed E-state index contributed by atoms with van der Waals surface area (Å²) in [5.41, 5.74) is -3.59. The number of aliphatic carboxylic acids is 1. The van der Waals surface area contributed by atoms with Crippen molar-refractivity contribution in [2.75, 3.05) is 13.1 Å². The predicted octanol–water partition coefficient (Wildman–Crippen LogP) is 6.68. The number of carbonyl (C=O) groups excluding carboxylic acids is 2. The molecule has 39 heavy (non-hydrogen) atoms. The summed E-state index contributed by atoms with van der Waals surface area (Å²) in [5, 5.41) is 12.8. The number of halogens is 6. The third kappa shape index (κ3) is 6.09. The number of ketones is 1. The van der Waals surface area contributed by atoms with E-state index in [2.05, 4.69) is 5.10 Å². The highest BCUT2D eigenvalue weighted by atomic mass is 35.5. The Bertz CT molecular complexity index is 1290. The molecule has 0 unspecified atom stereocenters. The Morgan fingerprint density at radius 3 is 2.15 bits per heavy atom. The molecule has 2 fully saturated rings. The largest absolute Gasteiger partial charge is 0.481 e. The van der Waals surface area contributed by atoms with Gasteiger partial charge in [-0.1, -0.05) is 30.1 Å². The molecule has 13 heteroatoms. The first-order valence-electron chi connectivity index (χ1n) is 12.4. The molecule has 1 aromatic heterocycles. The fourth-order valence-electron chi connectivity index (χ4n) is 5.04. The van der Waals surface area contributed by atoms with E-state index in [-0.39, 0.29) is 53.3 Å². The van der Waals surface area contributed by atoms with E-state index in [9.17, 15) is 37.1 Å². The van der Waals surface area contributed by atoms with Crippen molar-refractivity contribution >= 4 is 40.9 Å². The van der Waals surface area contributed by atoms with E-state index in [0.717, 1.165) is 40.8 Å². The molecule has 1 amide bonds. The lowest BCUT2D eigenvalue weighted by Gasteiger charge is -2.34. The Morgan fingerprint density at radius 2 is 1.67 bits per heavy atom. The highest BCUT2D eigenvalue weighted by Crippen LogP contribution is 2.47. The van der Waals surface area contributed by atoms with Gasteiger partial charge in [-0.25, -0.2) is 4.39 Å². The number of nitrogens with zero attached hydrogens (tertiary/aromatic N) is 3. The summed E-state index contributed by atoms with van der Waals surface area (Å²) in [6.07, 6.45) is -2.06. The molecule has 0 aliphatic heterocycles. The summed E-state index contributed by atoms with van der Waals surface area (Å²) < 4.78 is 57.5. The second-order valence-electron chi connectivity index (χ2n) is 11.1. The fraction of sp³-hybridized carbons (Fsp3) is 0.538. The molecule has 2 aliphatic carbocycles.